The van der Waals surface area contributed by atoms with E-state index in [-0.39, 0.29) is 11.8 Å². The van der Waals surface area contributed by atoms with Gasteiger partial charge in [0.1, 0.15) is 5.75 Å². The fourth-order valence-electron chi connectivity index (χ4n) is 4.01. The van der Waals surface area contributed by atoms with E-state index >= 15 is 0 Å². The highest BCUT2D eigenvalue weighted by Crippen LogP contribution is 2.15. The van der Waals surface area contributed by atoms with Gasteiger partial charge < -0.3 is 19.3 Å². The fourth-order valence-corrected chi connectivity index (χ4v) is 4.01. The highest BCUT2D eigenvalue weighted by atomic mass is 16.5. The van der Waals surface area contributed by atoms with Gasteiger partial charge in [-0.25, -0.2) is 4.79 Å². The number of carbonyl (C=O) groups is 2. The molecule has 2 fully saturated rings. The largest absolute Gasteiger partial charge is 0.494 e. The van der Waals surface area contributed by atoms with E-state index in [2.05, 4.69) is 11.8 Å². The molecular formula is C24H37N3O4. The second kappa shape index (κ2) is 12.7. The van der Waals surface area contributed by atoms with Crippen molar-refractivity contribution in [3.05, 3.63) is 29.8 Å². The van der Waals surface area contributed by atoms with E-state index in [9.17, 15) is 9.59 Å². The molecule has 0 radical (unpaired) electrons. The van der Waals surface area contributed by atoms with Crippen LogP contribution >= 0.6 is 0 Å². The Morgan fingerprint density at radius 3 is 2.26 bits per heavy atom. The minimum atomic E-state index is 0.151. The Bertz CT molecular complexity index is 681. The molecule has 1 aromatic rings. The molecule has 0 aromatic heterocycles. The lowest BCUT2D eigenvalue weighted by molar-refractivity contribution is 0.0375. The molecule has 2 heterocycles. The maximum absolute atomic E-state index is 12.5. The third-order valence-corrected chi connectivity index (χ3v) is 6.00. The minimum Gasteiger partial charge on any atom is -0.494 e. The molecule has 3 rings (SSSR count). The zero-order valence-electron chi connectivity index (χ0n) is 18.9. The topological polar surface area (TPSA) is 62.3 Å². The molecule has 7 nitrogen and oxygen atoms in total. The standard InChI is InChI=1S/C24H37N3O4/c1-2-3-4-6-23(28)21-7-9-22(10-8-21)31-18-5-11-25-12-14-26(15-13-25)24(29)27-16-19-30-20-17-27/h7-10H,2-6,11-20H2,1H3. The smallest absolute Gasteiger partial charge is 0.320 e. The number of unbranched alkanes of at least 4 members (excludes halogenated alkanes) is 2. The van der Waals surface area contributed by atoms with Crippen molar-refractivity contribution in [1.82, 2.24) is 14.7 Å². The molecular weight excluding hydrogens is 394 g/mol. The predicted molar refractivity (Wildman–Crippen MR) is 121 cm³/mol. The monoisotopic (exact) mass is 431 g/mol. The number of urea groups is 1. The minimum absolute atomic E-state index is 0.151. The zero-order valence-corrected chi connectivity index (χ0v) is 18.9. The van der Waals surface area contributed by atoms with E-state index in [1.807, 2.05) is 34.1 Å². The van der Waals surface area contributed by atoms with Crippen molar-refractivity contribution < 1.29 is 19.1 Å². The molecule has 0 unspecified atom stereocenters. The molecule has 7 heteroatoms. The molecule has 0 saturated carbocycles. The number of rotatable bonds is 10. The van der Waals surface area contributed by atoms with Crippen molar-refractivity contribution in [1.29, 1.82) is 0 Å². The molecule has 0 N–H and O–H groups in total. The summed E-state index contributed by atoms with van der Waals surface area (Å²) in [4.78, 5) is 30.9. The lowest BCUT2D eigenvalue weighted by atomic mass is 10.0. The number of hydrogen-bond donors (Lipinski definition) is 0. The van der Waals surface area contributed by atoms with Crippen molar-refractivity contribution in [2.24, 2.45) is 0 Å². The van der Waals surface area contributed by atoms with E-state index in [1.54, 1.807) is 0 Å². The van der Waals surface area contributed by atoms with Crippen molar-refractivity contribution in [2.45, 2.75) is 39.0 Å². The van der Waals surface area contributed by atoms with Gasteiger partial charge in [-0.3, -0.25) is 9.69 Å². The van der Waals surface area contributed by atoms with Crippen LogP contribution in [0.5, 0.6) is 5.75 Å². The van der Waals surface area contributed by atoms with Crippen LogP contribution in [0, 0.1) is 0 Å². The number of benzene rings is 1. The number of morpholine rings is 1. The van der Waals surface area contributed by atoms with Gasteiger partial charge in [-0.15, -0.1) is 0 Å². The van der Waals surface area contributed by atoms with Crippen LogP contribution in [0.4, 0.5) is 4.79 Å². The normalized spacial score (nSPS) is 17.6. The average Bonchev–Trinajstić information content (AvgIpc) is 2.83. The Labute approximate surface area is 186 Å². The molecule has 2 aliphatic heterocycles. The maximum Gasteiger partial charge on any atom is 0.320 e. The van der Waals surface area contributed by atoms with Crippen LogP contribution in [0.1, 0.15) is 49.4 Å². The molecule has 172 valence electrons. The number of amides is 2. The number of ether oxygens (including phenoxy) is 2. The second-order valence-electron chi connectivity index (χ2n) is 8.32. The lowest BCUT2D eigenvalue weighted by Gasteiger charge is -2.38. The highest BCUT2D eigenvalue weighted by molar-refractivity contribution is 5.96. The summed E-state index contributed by atoms with van der Waals surface area (Å²) in [6.07, 6.45) is 4.76. The first-order chi connectivity index (χ1) is 15.2. The van der Waals surface area contributed by atoms with Gasteiger partial charge in [0.05, 0.1) is 19.8 Å². The van der Waals surface area contributed by atoms with E-state index < -0.39 is 0 Å². The number of piperazine rings is 1. The van der Waals surface area contributed by atoms with Gasteiger partial charge in [0.2, 0.25) is 0 Å². The second-order valence-corrected chi connectivity index (χ2v) is 8.32. The fraction of sp³-hybridized carbons (Fsp3) is 0.667. The number of nitrogens with zero attached hydrogens (tertiary/aromatic N) is 3. The van der Waals surface area contributed by atoms with E-state index in [0.717, 1.165) is 69.7 Å². The molecule has 2 aliphatic rings. The number of ketones is 1. The van der Waals surface area contributed by atoms with Crippen molar-refractivity contribution in [2.75, 3.05) is 65.6 Å². The summed E-state index contributed by atoms with van der Waals surface area (Å²) < 4.78 is 11.2. The van der Waals surface area contributed by atoms with Gasteiger partial charge in [0.25, 0.3) is 0 Å². The van der Waals surface area contributed by atoms with Crippen LogP contribution in [0.3, 0.4) is 0 Å². The average molecular weight is 432 g/mol. The van der Waals surface area contributed by atoms with Crippen molar-refractivity contribution >= 4 is 11.8 Å². The highest BCUT2D eigenvalue weighted by Gasteiger charge is 2.26. The van der Waals surface area contributed by atoms with Gasteiger partial charge in [-0.2, -0.15) is 0 Å². The first-order valence-corrected chi connectivity index (χ1v) is 11.8. The number of carbonyl (C=O) groups excluding carboxylic acids is 2. The van der Waals surface area contributed by atoms with Crippen LogP contribution < -0.4 is 4.74 Å². The van der Waals surface area contributed by atoms with E-state index in [1.165, 1.54) is 0 Å². The van der Waals surface area contributed by atoms with E-state index in [0.29, 0.717) is 39.3 Å². The Morgan fingerprint density at radius 2 is 1.58 bits per heavy atom. The number of Topliss-reactive ketones (excluding diaryl/α,β-unsaturated/α-hetero) is 1. The summed E-state index contributed by atoms with van der Waals surface area (Å²) in [5.74, 6) is 1.03. The predicted octanol–water partition coefficient (Wildman–Crippen LogP) is 3.29. The van der Waals surface area contributed by atoms with Gasteiger partial charge in [-0.05, 0) is 37.1 Å². The van der Waals surface area contributed by atoms with Gasteiger partial charge >= 0.3 is 6.03 Å². The molecule has 1 aromatic carbocycles. The molecule has 0 aliphatic carbocycles. The first kappa shape index (κ1) is 23.5. The van der Waals surface area contributed by atoms with Crippen molar-refractivity contribution in [3.63, 3.8) is 0 Å². The van der Waals surface area contributed by atoms with Crippen molar-refractivity contribution in [3.8, 4) is 5.75 Å². The van der Waals surface area contributed by atoms with Crippen LogP contribution in [-0.4, -0.2) is 92.1 Å². The van der Waals surface area contributed by atoms with E-state index in [4.69, 9.17) is 9.47 Å². The Morgan fingerprint density at radius 1 is 0.903 bits per heavy atom. The van der Waals surface area contributed by atoms with Gasteiger partial charge in [0.15, 0.2) is 5.78 Å². The summed E-state index contributed by atoms with van der Waals surface area (Å²) >= 11 is 0. The molecule has 0 bridgehead atoms. The Hall–Kier alpha value is -2.12. The molecule has 2 saturated heterocycles. The Balaban J connectivity index is 1.29. The summed E-state index contributed by atoms with van der Waals surface area (Å²) in [6, 6.07) is 7.67. The third-order valence-electron chi connectivity index (χ3n) is 6.00. The quantitative estimate of drug-likeness (QED) is 0.420. The SMILES string of the molecule is CCCCCC(=O)c1ccc(OCCCN2CCN(C(=O)N3CCOCC3)CC2)cc1. The third kappa shape index (κ3) is 7.51. The van der Waals surface area contributed by atoms with Crippen LogP contribution in [0.25, 0.3) is 0 Å². The Kier molecular flexibility index (Phi) is 9.62. The summed E-state index contributed by atoms with van der Waals surface area (Å²) in [6.45, 7) is 9.82. The summed E-state index contributed by atoms with van der Waals surface area (Å²) in [5.41, 5.74) is 0.771. The van der Waals surface area contributed by atoms with Gasteiger partial charge in [-0.1, -0.05) is 19.8 Å². The molecule has 31 heavy (non-hydrogen) atoms. The molecule has 0 atom stereocenters. The molecule has 2 amide bonds. The number of hydrogen-bond acceptors (Lipinski definition) is 5. The summed E-state index contributed by atoms with van der Waals surface area (Å²) in [7, 11) is 0. The first-order valence-electron chi connectivity index (χ1n) is 11.8. The lowest BCUT2D eigenvalue weighted by Crippen LogP contribution is -2.54. The van der Waals surface area contributed by atoms with Crippen LogP contribution in [0.15, 0.2) is 24.3 Å². The maximum atomic E-state index is 12.5. The van der Waals surface area contributed by atoms with Crippen LogP contribution in [-0.2, 0) is 4.74 Å². The zero-order chi connectivity index (χ0) is 21.9. The summed E-state index contributed by atoms with van der Waals surface area (Å²) in [5, 5.41) is 0. The molecule has 0 spiro atoms. The van der Waals surface area contributed by atoms with Gasteiger partial charge in [0, 0.05) is 57.8 Å². The van der Waals surface area contributed by atoms with Crippen LogP contribution in [0.2, 0.25) is 0 Å².